The molecule has 1 saturated heterocycles. The topological polar surface area (TPSA) is 26.5 Å². The predicted octanol–water partition coefficient (Wildman–Crippen LogP) is 2.15. The highest BCUT2D eigenvalue weighted by molar-refractivity contribution is 5.47. The van der Waals surface area contributed by atoms with Gasteiger partial charge in [-0.25, -0.2) is 4.98 Å². The van der Waals surface area contributed by atoms with E-state index < -0.39 is 0 Å². The zero-order valence-electron chi connectivity index (χ0n) is 8.81. The van der Waals surface area contributed by atoms with Crippen LogP contribution in [0.5, 0.6) is 0 Å². The number of pyridine rings is 1. The molecule has 0 saturated carbocycles. The first-order valence-corrected chi connectivity index (χ1v) is 5.37. The molecule has 1 aliphatic heterocycles. The van der Waals surface area contributed by atoms with Gasteiger partial charge in [0.25, 0.3) is 0 Å². The highest BCUT2D eigenvalue weighted by atomic mass is 16.5. The Balaban J connectivity index is 2.18. The van der Waals surface area contributed by atoms with Crippen molar-refractivity contribution in [2.75, 3.05) is 13.2 Å². The fourth-order valence-corrected chi connectivity index (χ4v) is 2.27. The van der Waals surface area contributed by atoms with E-state index in [0.29, 0.717) is 5.92 Å². The van der Waals surface area contributed by atoms with Gasteiger partial charge >= 0.3 is 0 Å². The van der Waals surface area contributed by atoms with E-state index in [1.807, 2.05) is 6.20 Å². The second-order valence-corrected chi connectivity index (χ2v) is 4.10. The van der Waals surface area contributed by atoms with E-state index in [9.17, 15) is 0 Å². The van der Waals surface area contributed by atoms with Crippen molar-refractivity contribution in [3.63, 3.8) is 0 Å². The molecule has 0 bridgehead atoms. The Kier molecular flexibility index (Phi) is 1.99. The van der Waals surface area contributed by atoms with E-state index in [-0.39, 0.29) is 0 Å². The molecule has 0 spiro atoms. The number of rotatable bonds is 1. The summed E-state index contributed by atoms with van der Waals surface area (Å²) in [6.45, 7) is 3.80. The Morgan fingerprint density at radius 3 is 3.20 bits per heavy atom. The zero-order chi connectivity index (χ0) is 10.3. The summed E-state index contributed by atoms with van der Waals surface area (Å²) < 4.78 is 7.65. The number of nitrogens with zero attached hydrogens (tertiary/aromatic N) is 2. The minimum atomic E-state index is 0.466. The van der Waals surface area contributed by atoms with Crippen LogP contribution in [0.2, 0.25) is 0 Å². The summed E-state index contributed by atoms with van der Waals surface area (Å²) in [5, 5.41) is 0. The van der Waals surface area contributed by atoms with Crippen LogP contribution in [-0.4, -0.2) is 22.6 Å². The number of imidazole rings is 1. The monoisotopic (exact) mass is 202 g/mol. The fraction of sp³-hybridized carbons (Fsp3) is 0.417. The molecule has 3 heteroatoms. The van der Waals surface area contributed by atoms with Gasteiger partial charge in [-0.1, -0.05) is 6.07 Å². The maximum atomic E-state index is 5.42. The van der Waals surface area contributed by atoms with E-state index in [2.05, 4.69) is 34.5 Å². The van der Waals surface area contributed by atoms with Gasteiger partial charge in [-0.2, -0.15) is 0 Å². The third kappa shape index (κ3) is 1.35. The molecule has 0 amide bonds. The molecule has 1 aliphatic rings. The van der Waals surface area contributed by atoms with Gasteiger partial charge in [-0.15, -0.1) is 0 Å². The summed E-state index contributed by atoms with van der Waals surface area (Å²) >= 11 is 0. The van der Waals surface area contributed by atoms with Crippen molar-refractivity contribution >= 4 is 5.52 Å². The molecule has 3 heterocycles. The summed E-state index contributed by atoms with van der Waals surface area (Å²) in [5.74, 6) is 1.62. The van der Waals surface area contributed by atoms with Crippen LogP contribution in [0.15, 0.2) is 24.4 Å². The highest BCUT2D eigenvalue weighted by Gasteiger charge is 2.22. The molecule has 1 unspecified atom stereocenters. The maximum Gasteiger partial charge on any atom is 0.118 e. The molecule has 0 aliphatic carbocycles. The van der Waals surface area contributed by atoms with E-state index in [1.165, 1.54) is 11.2 Å². The second-order valence-electron chi connectivity index (χ2n) is 4.10. The van der Waals surface area contributed by atoms with Gasteiger partial charge in [0.15, 0.2) is 0 Å². The van der Waals surface area contributed by atoms with Gasteiger partial charge in [0.05, 0.1) is 18.3 Å². The largest absolute Gasteiger partial charge is 0.381 e. The Bertz CT molecular complexity index is 483. The minimum absolute atomic E-state index is 0.466. The first kappa shape index (κ1) is 8.92. The minimum Gasteiger partial charge on any atom is -0.381 e. The van der Waals surface area contributed by atoms with E-state index in [1.54, 1.807) is 0 Å². The predicted molar refractivity (Wildman–Crippen MR) is 58.1 cm³/mol. The number of aromatic nitrogens is 2. The maximum absolute atomic E-state index is 5.42. The molecular weight excluding hydrogens is 188 g/mol. The van der Waals surface area contributed by atoms with E-state index in [4.69, 9.17) is 4.74 Å². The van der Waals surface area contributed by atoms with Gasteiger partial charge < -0.3 is 9.14 Å². The summed E-state index contributed by atoms with van der Waals surface area (Å²) in [5.41, 5.74) is 2.42. The Hall–Kier alpha value is -1.35. The Morgan fingerprint density at radius 2 is 2.40 bits per heavy atom. The zero-order valence-corrected chi connectivity index (χ0v) is 8.81. The summed E-state index contributed by atoms with van der Waals surface area (Å²) in [4.78, 5) is 4.52. The van der Waals surface area contributed by atoms with Crippen LogP contribution in [0.1, 0.15) is 23.9 Å². The summed E-state index contributed by atoms with van der Waals surface area (Å²) in [6, 6.07) is 6.29. The lowest BCUT2D eigenvalue weighted by Crippen LogP contribution is -2.05. The van der Waals surface area contributed by atoms with Crippen molar-refractivity contribution in [1.29, 1.82) is 0 Å². The molecule has 2 aromatic rings. The van der Waals surface area contributed by atoms with Crippen molar-refractivity contribution in [1.82, 2.24) is 9.38 Å². The number of hydrogen-bond donors (Lipinski definition) is 0. The quantitative estimate of drug-likeness (QED) is 0.708. The van der Waals surface area contributed by atoms with Crippen molar-refractivity contribution in [3.05, 3.63) is 35.9 Å². The number of ether oxygens (including phenoxy) is 1. The Labute approximate surface area is 88.7 Å². The molecule has 3 rings (SSSR count). The number of fused-ring (bicyclic) bond motifs is 1. The van der Waals surface area contributed by atoms with Crippen LogP contribution in [0.4, 0.5) is 0 Å². The average molecular weight is 202 g/mol. The van der Waals surface area contributed by atoms with Crippen LogP contribution in [0.3, 0.4) is 0 Å². The average Bonchev–Trinajstić information content (AvgIpc) is 2.85. The van der Waals surface area contributed by atoms with Crippen molar-refractivity contribution < 1.29 is 4.74 Å². The summed E-state index contributed by atoms with van der Waals surface area (Å²) in [6.07, 6.45) is 3.04. The standard InChI is InChI=1S/C12H14N2O/c1-9-3-2-4-11-7-13-12(14(9)11)10-5-6-15-8-10/h2-4,7,10H,5-6,8H2,1H3. The normalized spacial score (nSPS) is 21.3. The Morgan fingerprint density at radius 1 is 1.47 bits per heavy atom. The van der Waals surface area contributed by atoms with Crippen LogP contribution in [0.25, 0.3) is 5.52 Å². The molecule has 0 N–H and O–H groups in total. The lowest BCUT2D eigenvalue weighted by molar-refractivity contribution is 0.193. The molecule has 0 aromatic carbocycles. The third-order valence-electron chi connectivity index (χ3n) is 3.07. The van der Waals surface area contributed by atoms with E-state index >= 15 is 0 Å². The van der Waals surface area contributed by atoms with Crippen LogP contribution in [-0.2, 0) is 4.74 Å². The first-order chi connectivity index (χ1) is 7.36. The van der Waals surface area contributed by atoms with Crippen molar-refractivity contribution in [2.24, 2.45) is 0 Å². The third-order valence-corrected chi connectivity index (χ3v) is 3.07. The van der Waals surface area contributed by atoms with Crippen molar-refractivity contribution in [3.8, 4) is 0 Å². The molecule has 15 heavy (non-hydrogen) atoms. The first-order valence-electron chi connectivity index (χ1n) is 5.37. The molecular formula is C12H14N2O. The van der Waals surface area contributed by atoms with Crippen LogP contribution < -0.4 is 0 Å². The second kappa shape index (κ2) is 3.35. The SMILES string of the molecule is Cc1cccc2cnc(C3CCOC3)n12. The van der Waals surface area contributed by atoms with Crippen LogP contribution in [0, 0.1) is 6.92 Å². The smallest absolute Gasteiger partial charge is 0.118 e. The molecule has 2 aromatic heterocycles. The van der Waals surface area contributed by atoms with Gasteiger partial charge in [0.2, 0.25) is 0 Å². The van der Waals surface area contributed by atoms with Crippen LogP contribution >= 0.6 is 0 Å². The van der Waals surface area contributed by atoms with Gasteiger partial charge in [0, 0.05) is 18.2 Å². The van der Waals surface area contributed by atoms with Gasteiger partial charge in [0.1, 0.15) is 5.82 Å². The molecule has 78 valence electrons. The lowest BCUT2D eigenvalue weighted by atomic mass is 10.1. The van der Waals surface area contributed by atoms with Crippen molar-refractivity contribution in [2.45, 2.75) is 19.3 Å². The molecule has 1 atom stereocenters. The van der Waals surface area contributed by atoms with Gasteiger partial charge in [-0.05, 0) is 25.5 Å². The number of hydrogen-bond acceptors (Lipinski definition) is 2. The number of aryl methyl sites for hydroxylation is 1. The van der Waals surface area contributed by atoms with E-state index in [0.717, 1.165) is 25.5 Å². The fourth-order valence-electron chi connectivity index (χ4n) is 2.27. The molecule has 1 fully saturated rings. The molecule has 0 radical (unpaired) electrons. The highest BCUT2D eigenvalue weighted by Crippen LogP contribution is 2.25. The molecule has 3 nitrogen and oxygen atoms in total. The summed E-state index contributed by atoms with van der Waals surface area (Å²) in [7, 11) is 0. The lowest BCUT2D eigenvalue weighted by Gasteiger charge is -2.08. The van der Waals surface area contributed by atoms with Gasteiger partial charge in [-0.3, -0.25) is 0 Å².